The minimum Gasteiger partial charge on any atom is -0.496 e. The summed E-state index contributed by atoms with van der Waals surface area (Å²) in [5.74, 6) is -2.81. The summed E-state index contributed by atoms with van der Waals surface area (Å²) in [6.45, 7) is 3.52. The van der Waals surface area contributed by atoms with Gasteiger partial charge in [-0.25, -0.2) is 0 Å². The molecule has 1 aromatic rings. The van der Waals surface area contributed by atoms with Gasteiger partial charge in [-0.2, -0.15) is 0 Å². The number of ether oxygens (including phenoxy) is 2. The first-order valence-corrected chi connectivity index (χ1v) is 9.17. The first kappa shape index (κ1) is 18.3. The van der Waals surface area contributed by atoms with Crippen molar-refractivity contribution in [2.24, 2.45) is 11.8 Å². The van der Waals surface area contributed by atoms with Gasteiger partial charge in [-0.05, 0) is 37.8 Å². The zero-order chi connectivity index (χ0) is 20.3. The van der Waals surface area contributed by atoms with Gasteiger partial charge in [0.1, 0.15) is 11.5 Å². The van der Waals surface area contributed by atoms with Crippen molar-refractivity contribution in [2.75, 3.05) is 14.2 Å². The van der Waals surface area contributed by atoms with Crippen LogP contribution in [0.15, 0.2) is 23.3 Å². The minimum absolute atomic E-state index is 0.0113. The van der Waals surface area contributed by atoms with Gasteiger partial charge >= 0.3 is 0 Å². The molecule has 0 saturated heterocycles. The predicted molar refractivity (Wildman–Crippen MR) is 100 cm³/mol. The molecular weight excluding hydrogens is 360 g/mol. The zero-order valence-electron chi connectivity index (χ0n) is 16.2. The number of ketones is 4. The van der Waals surface area contributed by atoms with Crippen LogP contribution in [0.3, 0.4) is 0 Å². The number of hydrogen-bond acceptors (Lipinski definition) is 6. The van der Waals surface area contributed by atoms with E-state index >= 15 is 0 Å². The van der Waals surface area contributed by atoms with Gasteiger partial charge in [0.2, 0.25) is 11.6 Å². The van der Waals surface area contributed by atoms with E-state index in [4.69, 9.17) is 9.47 Å². The normalized spacial score (nSPS) is 23.4. The molecule has 0 amide bonds. The first-order valence-electron chi connectivity index (χ1n) is 9.17. The third-order valence-corrected chi connectivity index (χ3v) is 6.11. The fourth-order valence-electron chi connectivity index (χ4n) is 4.60. The summed E-state index contributed by atoms with van der Waals surface area (Å²) in [7, 11) is 2.82. The number of rotatable bonds is 2. The molecule has 144 valence electrons. The molecule has 4 rings (SSSR count). The average molecular weight is 380 g/mol. The van der Waals surface area contributed by atoms with Crippen molar-refractivity contribution in [3.05, 3.63) is 45.6 Å². The smallest absolute Gasteiger partial charge is 0.202 e. The summed E-state index contributed by atoms with van der Waals surface area (Å²) in [6, 6.07) is 0. The molecule has 3 aliphatic carbocycles. The maximum Gasteiger partial charge on any atom is 0.202 e. The topological polar surface area (TPSA) is 86.7 Å². The Hall–Kier alpha value is -3.02. The van der Waals surface area contributed by atoms with Gasteiger partial charge in [-0.3, -0.25) is 19.2 Å². The molecule has 6 nitrogen and oxygen atoms in total. The van der Waals surface area contributed by atoms with Crippen molar-refractivity contribution in [1.29, 1.82) is 0 Å². The van der Waals surface area contributed by atoms with E-state index in [1.165, 1.54) is 14.2 Å². The summed E-state index contributed by atoms with van der Waals surface area (Å²) >= 11 is 0. The summed E-state index contributed by atoms with van der Waals surface area (Å²) in [4.78, 5) is 53.0. The van der Waals surface area contributed by atoms with Gasteiger partial charge in [-0.1, -0.05) is 12.2 Å². The molecule has 0 heterocycles. The number of carbonyl (C=O) groups is 4. The number of carbonyl (C=O) groups excluding carboxylic acids is 4. The molecule has 0 aromatic heterocycles. The molecule has 0 spiro atoms. The van der Waals surface area contributed by atoms with E-state index < -0.39 is 35.0 Å². The number of hydrogen-bond donors (Lipinski definition) is 0. The van der Waals surface area contributed by atoms with E-state index in [0.29, 0.717) is 24.0 Å². The molecule has 0 fully saturated rings. The molecule has 0 N–H and O–H groups in total. The van der Waals surface area contributed by atoms with Gasteiger partial charge in [0.25, 0.3) is 0 Å². The Balaban J connectivity index is 2.04. The van der Waals surface area contributed by atoms with Gasteiger partial charge in [0.05, 0.1) is 36.5 Å². The molecule has 2 unspecified atom stereocenters. The molecule has 2 atom stereocenters. The van der Waals surface area contributed by atoms with Gasteiger partial charge < -0.3 is 9.47 Å². The fraction of sp³-hybridized carbons (Fsp3) is 0.364. The van der Waals surface area contributed by atoms with Crippen LogP contribution >= 0.6 is 0 Å². The van der Waals surface area contributed by atoms with Crippen LogP contribution in [0.4, 0.5) is 0 Å². The highest BCUT2D eigenvalue weighted by molar-refractivity contribution is 6.46. The van der Waals surface area contributed by atoms with Crippen LogP contribution in [0.2, 0.25) is 0 Å². The second kappa shape index (κ2) is 6.26. The predicted octanol–water partition coefficient (Wildman–Crippen LogP) is 2.73. The molecule has 0 bridgehead atoms. The molecule has 28 heavy (non-hydrogen) atoms. The number of allylic oxidation sites excluding steroid dienone is 4. The lowest BCUT2D eigenvalue weighted by molar-refractivity contribution is -0.130. The molecule has 0 aliphatic heterocycles. The van der Waals surface area contributed by atoms with Crippen LogP contribution in [0.5, 0.6) is 11.5 Å². The lowest BCUT2D eigenvalue weighted by atomic mass is 9.64. The molecule has 3 aliphatic rings. The average Bonchev–Trinajstić information content (AvgIpc) is 2.70. The number of benzene rings is 1. The van der Waals surface area contributed by atoms with Crippen molar-refractivity contribution < 1.29 is 28.7 Å². The first-order chi connectivity index (χ1) is 13.3. The van der Waals surface area contributed by atoms with Crippen molar-refractivity contribution in [1.82, 2.24) is 0 Å². The largest absolute Gasteiger partial charge is 0.496 e. The van der Waals surface area contributed by atoms with E-state index in [9.17, 15) is 19.2 Å². The molecule has 6 heteroatoms. The van der Waals surface area contributed by atoms with Crippen molar-refractivity contribution in [3.63, 3.8) is 0 Å². The summed E-state index contributed by atoms with van der Waals surface area (Å²) in [6.07, 6.45) is 4.48. The van der Waals surface area contributed by atoms with Crippen LogP contribution in [0.25, 0.3) is 0 Å². The van der Waals surface area contributed by atoms with Crippen molar-refractivity contribution in [2.45, 2.75) is 26.7 Å². The van der Waals surface area contributed by atoms with Gasteiger partial charge in [-0.15, -0.1) is 0 Å². The van der Waals surface area contributed by atoms with E-state index in [1.807, 2.05) is 12.2 Å². The lowest BCUT2D eigenvalue weighted by Crippen LogP contribution is -2.44. The fourth-order valence-corrected chi connectivity index (χ4v) is 4.60. The molecule has 0 saturated carbocycles. The van der Waals surface area contributed by atoms with Crippen LogP contribution in [-0.4, -0.2) is 37.4 Å². The highest BCUT2D eigenvalue weighted by atomic mass is 16.5. The lowest BCUT2D eigenvalue weighted by Gasteiger charge is -2.35. The van der Waals surface area contributed by atoms with E-state index in [-0.39, 0.29) is 33.8 Å². The van der Waals surface area contributed by atoms with Crippen LogP contribution in [-0.2, 0) is 9.59 Å². The van der Waals surface area contributed by atoms with E-state index in [0.717, 1.165) is 0 Å². The molecule has 1 aromatic carbocycles. The van der Waals surface area contributed by atoms with Crippen molar-refractivity contribution in [3.8, 4) is 11.5 Å². The summed E-state index contributed by atoms with van der Waals surface area (Å²) in [5, 5.41) is 0. The highest BCUT2D eigenvalue weighted by Gasteiger charge is 2.51. The second-order valence-corrected chi connectivity index (χ2v) is 7.36. The molecular formula is C22H20O6. The number of fused-ring (bicyclic) bond motifs is 2. The Kier molecular flexibility index (Phi) is 4.10. The Morgan fingerprint density at radius 2 is 1.07 bits per heavy atom. The summed E-state index contributed by atoms with van der Waals surface area (Å²) in [5.41, 5.74) is 0.743. The van der Waals surface area contributed by atoms with Crippen LogP contribution < -0.4 is 9.47 Å². The number of methoxy groups -OCH3 is 2. The Morgan fingerprint density at radius 3 is 1.39 bits per heavy atom. The standard InChI is InChI=1S/C22H20O6/c1-9-10(2)22(28-4)16-15(21(9)27-3)19(25)13-14(20(16)26)18(24)12-8-6-5-7-11(12)17(13)23/h5-6,11-12H,7-8H2,1-4H3. The molecule has 0 radical (unpaired) electrons. The summed E-state index contributed by atoms with van der Waals surface area (Å²) < 4.78 is 10.9. The maximum absolute atomic E-state index is 13.4. The zero-order valence-corrected chi connectivity index (χ0v) is 16.2. The van der Waals surface area contributed by atoms with Crippen LogP contribution in [0, 0.1) is 25.7 Å². The Labute approximate surface area is 162 Å². The Bertz CT molecular complexity index is 959. The Morgan fingerprint density at radius 1 is 0.714 bits per heavy atom. The second-order valence-electron chi connectivity index (χ2n) is 7.36. The van der Waals surface area contributed by atoms with Gasteiger partial charge in [0, 0.05) is 11.8 Å². The van der Waals surface area contributed by atoms with Crippen molar-refractivity contribution >= 4 is 23.1 Å². The highest BCUT2D eigenvalue weighted by Crippen LogP contribution is 2.47. The third kappa shape index (κ3) is 2.14. The SMILES string of the molecule is COc1c(C)c(C)c(OC)c2c1C(=O)C1=C(C2=O)C(=O)C2CC=CCC2C1=O. The van der Waals surface area contributed by atoms with Crippen LogP contribution in [0.1, 0.15) is 44.7 Å². The van der Waals surface area contributed by atoms with E-state index in [1.54, 1.807) is 13.8 Å². The monoisotopic (exact) mass is 380 g/mol. The quantitative estimate of drug-likeness (QED) is 0.579. The van der Waals surface area contributed by atoms with Gasteiger partial charge in [0.15, 0.2) is 11.6 Å². The maximum atomic E-state index is 13.4. The van der Waals surface area contributed by atoms with E-state index in [2.05, 4.69) is 0 Å². The minimum atomic E-state index is -0.630. The third-order valence-electron chi connectivity index (χ3n) is 6.11. The number of Topliss-reactive ketones (excluding diaryl/α,β-unsaturated/α-hetero) is 4.